The van der Waals surface area contributed by atoms with E-state index >= 15 is 0 Å². The van der Waals surface area contributed by atoms with Gasteiger partial charge < -0.3 is 27.2 Å². The van der Waals surface area contributed by atoms with Crippen molar-refractivity contribution in [1.82, 2.24) is 10.6 Å². The normalized spacial score (nSPS) is 15.0. The van der Waals surface area contributed by atoms with Crippen LogP contribution < -0.4 is 22.1 Å². The molecule has 3 atom stereocenters. The van der Waals surface area contributed by atoms with Crippen LogP contribution in [0, 0.1) is 0 Å². The van der Waals surface area contributed by atoms with Gasteiger partial charge in [-0.3, -0.25) is 9.59 Å². The highest BCUT2D eigenvalue weighted by atomic mass is 16.4. The molecule has 2 amide bonds. The summed E-state index contributed by atoms with van der Waals surface area (Å²) in [7, 11) is 0. The molecule has 20 heavy (non-hydrogen) atoms. The summed E-state index contributed by atoms with van der Waals surface area (Å²) in [6.07, 6.45) is 1.59. The average molecular weight is 288 g/mol. The number of carboxylic acid groups (broad SMARTS) is 1. The standard InChI is InChI=1S/C12H24N4O4/c1-7(14)10(17)15-8(2)11(18)16-9(12(19)20)5-3-4-6-13/h7-9H,3-6,13-14H2,1-2H3,(H,15,17)(H,16,18)(H,19,20)/t7-,8-,9-/m0/s1. The van der Waals surface area contributed by atoms with Crippen LogP contribution in [0.25, 0.3) is 0 Å². The number of aliphatic carboxylic acids is 1. The summed E-state index contributed by atoms with van der Waals surface area (Å²) < 4.78 is 0. The van der Waals surface area contributed by atoms with E-state index in [1.54, 1.807) is 0 Å². The Labute approximate surface area is 118 Å². The molecule has 0 fully saturated rings. The van der Waals surface area contributed by atoms with Gasteiger partial charge >= 0.3 is 5.97 Å². The third kappa shape index (κ3) is 7.05. The van der Waals surface area contributed by atoms with Crippen LogP contribution in [-0.4, -0.2) is 47.6 Å². The zero-order valence-corrected chi connectivity index (χ0v) is 11.9. The summed E-state index contributed by atoms with van der Waals surface area (Å²) in [6.45, 7) is 3.43. The van der Waals surface area contributed by atoms with Gasteiger partial charge in [0.15, 0.2) is 0 Å². The molecule has 116 valence electrons. The highest BCUT2D eigenvalue weighted by Crippen LogP contribution is 2.01. The molecule has 0 bridgehead atoms. The van der Waals surface area contributed by atoms with Gasteiger partial charge in [0.2, 0.25) is 11.8 Å². The Balaban J connectivity index is 4.37. The van der Waals surface area contributed by atoms with Crippen molar-refractivity contribution in [2.75, 3.05) is 6.54 Å². The molecule has 0 radical (unpaired) electrons. The van der Waals surface area contributed by atoms with E-state index in [4.69, 9.17) is 16.6 Å². The van der Waals surface area contributed by atoms with Gasteiger partial charge in [-0.05, 0) is 39.7 Å². The number of carbonyl (C=O) groups is 3. The van der Waals surface area contributed by atoms with E-state index < -0.39 is 35.9 Å². The third-order valence-electron chi connectivity index (χ3n) is 2.73. The van der Waals surface area contributed by atoms with Crippen molar-refractivity contribution < 1.29 is 19.5 Å². The summed E-state index contributed by atoms with van der Waals surface area (Å²) in [5.41, 5.74) is 10.7. The topological polar surface area (TPSA) is 148 Å². The van der Waals surface area contributed by atoms with E-state index in [1.165, 1.54) is 13.8 Å². The van der Waals surface area contributed by atoms with E-state index in [0.29, 0.717) is 25.8 Å². The maximum Gasteiger partial charge on any atom is 0.326 e. The predicted molar refractivity (Wildman–Crippen MR) is 73.7 cm³/mol. The summed E-state index contributed by atoms with van der Waals surface area (Å²) >= 11 is 0. The fraction of sp³-hybridized carbons (Fsp3) is 0.750. The van der Waals surface area contributed by atoms with Gasteiger partial charge in [-0.15, -0.1) is 0 Å². The highest BCUT2D eigenvalue weighted by molar-refractivity contribution is 5.91. The number of nitrogens with two attached hydrogens (primary N) is 2. The fourth-order valence-corrected chi connectivity index (χ4v) is 1.46. The Morgan fingerprint density at radius 1 is 1.10 bits per heavy atom. The Morgan fingerprint density at radius 3 is 2.15 bits per heavy atom. The van der Waals surface area contributed by atoms with Gasteiger partial charge in [0.1, 0.15) is 12.1 Å². The average Bonchev–Trinajstić information content (AvgIpc) is 2.36. The maximum atomic E-state index is 11.8. The van der Waals surface area contributed by atoms with Crippen molar-refractivity contribution in [2.45, 2.75) is 51.2 Å². The first kappa shape index (κ1) is 18.3. The van der Waals surface area contributed by atoms with E-state index in [2.05, 4.69) is 10.6 Å². The smallest absolute Gasteiger partial charge is 0.326 e. The third-order valence-corrected chi connectivity index (χ3v) is 2.73. The molecule has 0 saturated heterocycles. The van der Waals surface area contributed by atoms with Crippen molar-refractivity contribution in [1.29, 1.82) is 0 Å². The van der Waals surface area contributed by atoms with Crippen LogP contribution >= 0.6 is 0 Å². The molecule has 0 aliphatic carbocycles. The lowest BCUT2D eigenvalue weighted by molar-refractivity contribution is -0.142. The van der Waals surface area contributed by atoms with Gasteiger partial charge in [0.25, 0.3) is 0 Å². The quantitative estimate of drug-likeness (QED) is 0.327. The minimum Gasteiger partial charge on any atom is -0.480 e. The zero-order valence-electron chi connectivity index (χ0n) is 11.9. The predicted octanol–water partition coefficient (Wildman–Crippen LogP) is -1.46. The summed E-state index contributed by atoms with van der Waals surface area (Å²) in [6, 6.07) is -2.56. The first-order valence-electron chi connectivity index (χ1n) is 6.58. The van der Waals surface area contributed by atoms with Crippen LogP contribution in [0.2, 0.25) is 0 Å². The van der Waals surface area contributed by atoms with Crippen LogP contribution in [-0.2, 0) is 14.4 Å². The molecule has 0 unspecified atom stereocenters. The van der Waals surface area contributed by atoms with Gasteiger partial charge in [-0.2, -0.15) is 0 Å². The number of nitrogens with one attached hydrogen (secondary N) is 2. The number of carbonyl (C=O) groups excluding carboxylic acids is 2. The lowest BCUT2D eigenvalue weighted by Gasteiger charge is -2.19. The fourth-order valence-electron chi connectivity index (χ4n) is 1.46. The Hall–Kier alpha value is -1.67. The van der Waals surface area contributed by atoms with Crippen molar-refractivity contribution in [3.8, 4) is 0 Å². The minimum absolute atomic E-state index is 0.298. The molecule has 8 heteroatoms. The molecule has 0 aromatic rings. The Kier molecular flexibility index (Phi) is 8.49. The second kappa shape index (κ2) is 9.27. The number of amides is 2. The van der Waals surface area contributed by atoms with Crippen LogP contribution in [0.4, 0.5) is 0 Å². The summed E-state index contributed by atoms with van der Waals surface area (Å²) in [5, 5.41) is 13.8. The molecule has 7 N–H and O–H groups in total. The van der Waals surface area contributed by atoms with Crippen molar-refractivity contribution >= 4 is 17.8 Å². The molecule has 0 aromatic carbocycles. The Bertz CT molecular complexity index is 346. The molecule has 0 heterocycles. The number of carboxylic acids is 1. The molecular formula is C12H24N4O4. The van der Waals surface area contributed by atoms with Crippen molar-refractivity contribution in [3.05, 3.63) is 0 Å². The SMILES string of the molecule is C[C@H](N)C(=O)N[C@@H](C)C(=O)N[C@@H](CCCCN)C(=O)O. The number of rotatable bonds is 9. The van der Waals surface area contributed by atoms with Gasteiger partial charge in [0.05, 0.1) is 6.04 Å². The number of hydrogen-bond acceptors (Lipinski definition) is 5. The molecule has 0 spiro atoms. The van der Waals surface area contributed by atoms with Crippen LogP contribution in [0.3, 0.4) is 0 Å². The lowest BCUT2D eigenvalue weighted by atomic mass is 10.1. The van der Waals surface area contributed by atoms with E-state index in [1.807, 2.05) is 0 Å². The maximum absolute atomic E-state index is 11.8. The first-order valence-corrected chi connectivity index (χ1v) is 6.58. The summed E-state index contributed by atoms with van der Waals surface area (Å²) in [4.78, 5) is 34.2. The van der Waals surface area contributed by atoms with Crippen LogP contribution in [0.1, 0.15) is 33.1 Å². The van der Waals surface area contributed by atoms with Gasteiger partial charge in [0, 0.05) is 0 Å². The van der Waals surface area contributed by atoms with Crippen molar-refractivity contribution in [2.24, 2.45) is 11.5 Å². The molecule has 0 aliphatic heterocycles. The second-order valence-corrected chi connectivity index (χ2v) is 4.70. The van der Waals surface area contributed by atoms with Crippen molar-refractivity contribution in [3.63, 3.8) is 0 Å². The van der Waals surface area contributed by atoms with Gasteiger partial charge in [-0.1, -0.05) is 0 Å². The highest BCUT2D eigenvalue weighted by Gasteiger charge is 2.23. The molecule has 0 aliphatic rings. The Morgan fingerprint density at radius 2 is 1.70 bits per heavy atom. The van der Waals surface area contributed by atoms with Crippen LogP contribution in [0.15, 0.2) is 0 Å². The van der Waals surface area contributed by atoms with E-state index in [-0.39, 0.29) is 0 Å². The lowest BCUT2D eigenvalue weighted by Crippen LogP contribution is -2.52. The van der Waals surface area contributed by atoms with E-state index in [9.17, 15) is 14.4 Å². The molecule has 0 rings (SSSR count). The van der Waals surface area contributed by atoms with E-state index in [0.717, 1.165) is 0 Å². The van der Waals surface area contributed by atoms with Crippen LogP contribution in [0.5, 0.6) is 0 Å². The summed E-state index contributed by atoms with van der Waals surface area (Å²) in [5.74, 6) is -2.14. The molecule has 0 saturated carbocycles. The first-order chi connectivity index (χ1) is 9.29. The van der Waals surface area contributed by atoms with Gasteiger partial charge in [-0.25, -0.2) is 4.79 Å². The number of hydrogen-bond donors (Lipinski definition) is 5. The monoisotopic (exact) mass is 288 g/mol. The second-order valence-electron chi connectivity index (χ2n) is 4.70. The molecule has 8 nitrogen and oxygen atoms in total. The largest absolute Gasteiger partial charge is 0.480 e. The zero-order chi connectivity index (χ0) is 15.7. The molecular weight excluding hydrogens is 264 g/mol. The number of unbranched alkanes of at least 4 members (excludes halogenated alkanes) is 1. The molecule has 0 aromatic heterocycles. The minimum atomic E-state index is -1.11.